The summed E-state index contributed by atoms with van der Waals surface area (Å²) < 4.78 is 64.4. The number of para-hydroxylation sites is 2. The van der Waals surface area contributed by atoms with Crippen molar-refractivity contribution in [3.05, 3.63) is 109 Å². The Morgan fingerprint density at radius 3 is 1.29 bits per heavy atom. The van der Waals surface area contributed by atoms with Crippen molar-refractivity contribution in [2.24, 2.45) is 5.41 Å². The summed E-state index contributed by atoms with van der Waals surface area (Å²) in [4.78, 5) is 0. The predicted octanol–water partition coefficient (Wildman–Crippen LogP) is 8.70. The fraction of sp³-hybridized carbons (Fsp3) is 0.375. The maximum absolute atomic E-state index is 14.7. The molecular formula is C32H40O8P2. The van der Waals surface area contributed by atoms with Gasteiger partial charge in [-0.3, -0.25) is 9.13 Å². The van der Waals surface area contributed by atoms with Crippen molar-refractivity contribution in [3.63, 3.8) is 0 Å². The van der Waals surface area contributed by atoms with Crippen LogP contribution in [0.5, 0.6) is 11.5 Å². The molecule has 2 aromatic carbocycles. The second-order valence-corrected chi connectivity index (χ2v) is 15.4. The summed E-state index contributed by atoms with van der Waals surface area (Å²) >= 11 is 0. The van der Waals surface area contributed by atoms with E-state index in [1.54, 1.807) is 12.2 Å². The molecule has 0 saturated carbocycles. The summed E-state index contributed by atoms with van der Waals surface area (Å²) in [5.41, 5.74) is -1.07. The number of hydrogen-bond donors (Lipinski definition) is 0. The van der Waals surface area contributed by atoms with E-state index < -0.39 is 30.9 Å². The van der Waals surface area contributed by atoms with Crippen LogP contribution in [0.1, 0.15) is 33.1 Å². The Bertz CT molecular complexity index is 1330. The molecular weight excluding hydrogens is 574 g/mol. The Kier molecular flexibility index (Phi) is 9.89. The van der Waals surface area contributed by atoms with Gasteiger partial charge in [0.1, 0.15) is 33.3 Å². The summed E-state index contributed by atoms with van der Waals surface area (Å²) in [6.07, 6.45) is 11.8. The maximum Gasteiger partial charge on any atom is 0.340 e. The molecule has 0 amide bonds. The smallest absolute Gasteiger partial charge is 0.340 e. The number of ether oxygens (including phenoxy) is 2. The van der Waals surface area contributed by atoms with Gasteiger partial charge in [0.05, 0.1) is 0 Å². The standard InChI is InChI=1S/C32H40O8P2/c1-7-30(2,31(41(33,35-3)36-4)22-18-28(19-23-31)39-26-14-10-8-11-15-26)32(42(34,37-5)38-6)24-20-29(21-25-32)40-27-16-12-9-13-17-27/h8-22,24H,7,23,25H2,1-6H3. The van der Waals surface area contributed by atoms with E-state index in [-0.39, 0.29) is 12.8 Å². The average molecular weight is 615 g/mol. The normalized spacial score (nSPS) is 24.0. The van der Waals surface area contributed by atoms with Crippen LogP contribution in [0.3, 0.4) is 0 Å². The summed E-state index contributed by atoms with van der Waals surface area (Å²) in [7, 11) is -2.33. The van der Waals surface area contributed by atoms with Crippen LogP contribution in [0.15, 0.2) is 109 Å². The van der Waals surface area contributed by atoms with Gasteiger partial charge in [0.25, 0.3) is 0 Å². The van der Waals surface area contributed by atoms with Gasteiger partial charge < -0.3 is 27.6 Å². The molecule has 0 bridgehead atoms. The molecule has 4 rings (SSSR count). The number of benzene rings is 2. The molecule has 226 valence electrons. The molecule has 0 N–H and O–H groups in total. The highest BCUT2D eigenvalue weighted by molar-refractivity contribution is 7.57. The van der Waals surface area contributed by atoms with Gasteiger partial charge in [-0.15, -0.1) is 0 Å². The van der Waals surface area contributed by atoms with Crippen LogP contribution in [0, 0.1) is 5.41 Å². The van der Waals surface area contributed by atoms with Gasteiger partial charge >= 0.3 is 15.2 Å². The van der Waals surface area contributed by atoms with Gasteiger partial charge in [-0.05, 0) is 67.8 Å². The first-order valence-corrected chi connectivity index (χ1v) is 16.9. The monoisotopic (exact) mass is 614 g/mol. The fourth-order valence-corrected chi connectivity index (χ4v) is 11.0. The van der Waals surface area contributed by atoms with Gasteiger partial charge in [0, 0.05) is 33.9 Å². The molecule has 0 fully saturated rings. The lowest BCUT2D eigenvalue weighted by atomic mass is 9.61. The molecule has 0 aliphatic heterocycles. The minimum absolute atomic E-state index is 0.217. The third-order valence-electron chi connectivity index (χ3n) is 8.79. The maximum atomic E-state index is 14.7. The average Bonchev–Trinajstić information content (AvgIpc) is 3.05. The van der Waals surface area contributed by atoms with E-state index in [4.69, 9.17) is 27.6 Å². The Morgan fingerprint density at radius 1 is 0.667 bits per heavy atom. The van der Waals surface area contributed by atoms with Gasteiger partial charge in [-0.25, -0.2) is 0 Å². The molecule has 0 heterocycles. The first-order valence-electron chi connectivity index (χ1n) is 13.8. The van der Waals surface area contributed by atoms with Crippen LogP contribution in [0.4, 0.5) is 0 Å². The lowest BCUT2D eigenvalue weighted by molar-refractivity contribution is 0.113. The highest BCUT2D eigenvalue weighted by Crippen LogP contribution is 2.79. The summed E-state index contributed by atoms with van der Waals surface area (Å²) in [5.74, 6) is 2.52. The number of allylic oxidation sites excluding steroid dienone is 6. The molecule has 2 atom stereocenters. The zero-order chi connectivity index (χ0) is 30.5. The first kappa shape index (κ1) is 32.2. The van der Waals surface area contributed by atoms with Crippen molar-refractivity contribution in [2.45, 2.75) is 43.4 Å². The van der Waals surface area contributed by atoms with E-state index >= 15 is 0 Å². The highest BCUT2D eigenvalue weighted by Gasteiger charge is 2.71. The third kappa shape index (κ3) is 5.30. The highest BCUT2D eigenvalue weighted by atomic mass is 31.2. The van der Waals surface area contributed by atoms with E-state index in [2.05, 4.69) is 0 Å². The molecule has 0 aromatic heterocycles. The molecule has 2 aliphatic rings. The van der Waals surface area contributed by atoms with Crippen LogP contribution in [-0.4, -0.2) is 38.8 Å². The molecule has 42 heavy (non-hydrogen) atoms. The molecule has 0 radical (unpaired) electrons. The van der Waals surface area contributed by atoms with E-state index in [1.807, 2.05) is 98.8 Å². The van der Waals surface area contributed by atoms with Crippen molar-refractivity contribution >= 4 is 15.2 Å². The molecule has 8 nitrogen and oxygen atoms in total. The molecule has 2 aliphatic carbocycles. The number of hydrogen-bond acceptors (Lipinski definition) is 8. The van der Waals surface area contributed by atoms with Crippen molar-refractivity contribution in [3.8, 4) is 11.5 Å². The predicted molar refractivity (Wildman–Crippen MR) is 165 cm³/mol. The molecule has 10 heteroatoms. The summed E-state index contributed by atoms with van der Waals surface area (Å²) in [5, 5.41) is -2.57. The molecule has 0 saturated heterocycles. The van der Waals surface area contributed by atoms with Crippen LogP contribution in [0.2, 0.25) is 0 Å². The zero-order valence-electron chi connectivity index (χ0n) is 25.0. The van der Waals surface area contributed by atoms with Crippen LogP contribution >= 0.6 is 15.2 Å². The second-order valence-electron chi connectivity index (χ2n) is 10.4. The Morgan fingerprint density at radius 2 is 1.02 bits per heavy atom. The topological polar surface area (TPSA) is 89.5 Å². The van der Waals surface area contributed by atoms with Crippen molar-refractivity contribution in [2.75, 3.05) is 28.4 Å². The Labute approximate surface area is 249 Å². The summed E-state index contributed by atoms with van der Waals surface area (Å²) in [6.45, 7) is 3.92. The van der Waals surface area contributed by atoms with Gasteiger partial charge in [-0.1, -0.05) is 62.4 Å². The Hall–Kier alpha value is -2.70. The first-order chi connectivity index (χ1) is 20.1. The van der Waals surface area contributed by atoms with Crippen molar-refractivity contribution in [1.82, 2.24) is 0 Å². The SMILES string of the molecule is CCC(C)(C1(P(=O)(OC)OC)C=CC(Oc2ccccc2)=CC1)C1(P(=O)(OC)OC)C=CC(Oc2ccccc2)=CC1. The van der Waals surface area contributed by atoms with E-state index in [0.717, 1.165) is 0 Å². The minimum atomic E-state index is -3.91. The van der Waals surface area contributed by atoms with Crippen LogP contribution in [-0.2, 0) is 27.2 Å². The van der Waals surface area contributed by atoms with Crippen molar-refractivity contribution in [1.29, 1.82) is 0 Å². The fourth-order valence-electron chi connectivity index (χ4n) is 6.24. The van der Waals surface area contributed by atoms with E-state index in [1.165, 1.54) is 28.4 Å². The quantitative estimate of drug-likeness (QED) is 0.207. The molecule has 2 aromatic rings. The lowest BCUT2D eigenvalue weighted by Crippen LogP contribution is -2.59. The van der Waals surface area contributed by atoms with Gasteiger partial charge in [-0.2, -0.15) is 0 Å². The Balaban J connectivity index is 1.85. The van der Waals surface area contributed by atoms with Crippen molar-refractivity contribution < 1.29 is 36.7 Å². The van der Waals surface area contributed by atoms with Crippen LogP contribution < -0.4 is 9.47 Å². The molecule has 0 spiro atoms. The lowest BCUT2D eigenvalue weighted by Gasteiger charge is -2.58. The van der Waals surface area contributed by atoms with Gasteiger partial charge in [0.2, 0.25) is 0 Å². The largest absolute Gasteiger partial charge is 0.458 e. The zero-order valence-corrected chi connectivity index (χ0v) is 26.8. The third-order valence-corrected chi connectivity index (χ3v) is 14.3. The van der Waals surface area contributed by atoms with Crippen LogP contribution in [0.25, 0.3) is 0 Å². The van der Waals surface area contributed by atoms with E-state index in [0.29, 0.717) is 29.4 Å². The second kappa shape index (κ2) is 12.9. The molecule has 2 unspecified atom stereocenters. The minimum Gasteiger partial charge on any atom is -0.458 e. The van der Waals surface area contributed by atoms with E-state index in [9.17, 15) is 9.13 Å². The number of rotatable bonds is 13. The summed E-state index contributed by atoms with van der Waals surface area (Å²) in [6, 6.07) is 18.8. The van der Waals surface area contributed by atoms with Gasteiger partial charge in [0.15, 0.2) is 0 Å².